The van der Waals surface area contributed by atoms with Gasteiger partial charge in [0.15, 0.2) is 5.69 Å². The van der Waals surface area contributed by atoms with Crippen molar-refractivity contribution < 1.29 is 9.90 Å². The Morgan fingerprint density at radius 1 is 1.36 bits per heavy atom. The fraction of sp³-hybridized carbons (Fsp3) is 0.235. The van der Waals surface area contributed by atoms with Crippen LogP contribution in [-0.2, 0) is 7.05 Å². The highest BCUT2D eigenvalue weighted by Gasteiger charge is 2.35. The standard InChI is InChI=1S/C17H15N3O3S2/c1-3-11-13-14(16(22)23)18-20(9-4-5-12(21)19(2)8-9)15(13)10-6-7-24-17(10)25-11/h4-8,11H,3H2,1-2H3,(H,22,23). The van der Waals surface area contributed by atoms with E-state index in [1.54, 1.807) is 47.1 Å². The van der Waals surface area contributed by atoms with Crippen molar-refractivity contribution in [3.63, 3.8) is 0 Å². The second kappa shape index (κ2) is 5.89. The van der Waals surface area contributed by atoms with Crippen LogP contribution < -0.4 is 5.56 Å². The highest BCUT2D eigenvalue weighted by atomic mass is 32.2. The Labute approximate surface area is 151 Å². The zero-order valence-corrected chi connectivity index (χ0v) is 15.2. The molecule has 1 aliphatic rings. The van der Waals surface area contributed by atoms with E-state index >= 15 is 0 Å². The predicted molar refractivity (Wildman–Crippen MR) is 98.0 cm³/mol. The number of thiophene rings is 1. The Morgan fingerprint density at radius 2 is 2.16 bits per heavy atom. The van der Waals surface area contributed by atoms with E-state index in [-0.39, 0.29) is 16.5 Å². The Bertz CT molecular complexity index is 1050. The number of thioether (sulfide) groups is 1. The van der Waals surface area contributed by atoms with Gasteiger partial charge in [-0.05, 0) is 23.9 Å². The lowest BCUT2D eigenvalue weighted by atomic mass is 10.0. The van der Waals surface area contributed by atoms with Gasteiger partial charge in [-0.25, -0.2) is 9.48 Å². The molecule has 0 amide bonds. The van der Waals surface area contributed by atoms with Crippen LogP contribution in [0.5, 0.6) is 0 Å². The van der Waals surface area contributed by atoms with Crippen LogP contribution in [0.1, 0.15) is 34.6 Å². The van der Waals surface area contributed by atoms with E-state index in [0.29, 0.717) is 5.69 Å². The van der Waals surface area contributed by atoms with Gasteiger partial charge in [0.2, 0.25) is 5.56 Å². The van der Waals surface area contributed by atoms with Gasteiger partial charge >= 0.3 is 5.97 Å². The molecule has 128 valence electrons. The number of carbonyl (C=O) groups is 1. The minimum Gasteiger partial charge on any atom is -0.476 e. The van der Waals surface area contributed by atoms with Crippen LogP contribution in [0.3, 0.4) is 0 Å². The highest BCUT2D eigenvalue weighted by molar-refractivity contribution is 8.01. The third-order valence-electron chi connectivity index (χ3n) is 4.27. The third-order valence-corrected chi connectivity index (χ3v) is 6.84. The molecule has 0 aromatic carbocycles. The van der Waals surface area contributed by atoms with Crippen LogP contribution in [0.4, 0.5) is 0 Å². The monoisotopic (exact) mass is 373 g/mol. The van der Waals surface area contributed by atoms with E-state index < -0.39 is 5.97 Å². The zero-order chi connectivity index (χ0) is 17.7. The Morgan fingerprint density at radius 3 is 2.84 bits per heavy atom. The quantitative estimate of drug-likeness (QED) is 0.760. The molecule has 3 aromatic rings. The molecule has 4 heterocycles. The van der Waals surface area contributed by atoms with E-state index in [4.69, 9.17) is 0 Å². The third kappa shape index (κ3) is 2.44. The summed E-state index contributed by atoms with van der Waals surface area (Å²) in [6.07, 6.45) is 2.49. The van der Waals surface area contributed by atoms with Crippen LogP contribution in [0.15, 0.2) is 38.8 Å². The maximum absolute atomic E-state index is 11.8. The van der Waals surface area contributed by atoms with Crippen molar-refractivity contribution in [2.75, 3.05) is 0 Å². The van der Waals surface area contributed by atoms with Gasteiger partial charge in [0.25, 0.3) is 0 Å². The van der Waals surface area contributed by atoms with Crippen LogP contribution in [0.2, 0.25) is 0 Å². The lowest BCUT2D eigenvalue weighted by Gasteiger charge is -2.22. The first-order chi connectivity index (χ1) is 12.0. The Kier molecular flexibility index (Phi) is 3.81. The molecule has 0 saturated carbocycles. The smallest absolute Gasteiger partial charge is 0.356 e. The molecule has 3 aromatic heterocycles. The molecular formula is C17H15N3O3S2. The number of fused-ring (bicyclic) bond motifs is 3. The number of carboxylic acids is 1. The van der Waals surface area contributed by atoms with Gasteiger partial charge in [0.05, 0.1) is 15.6 Å². The van der Waals surface area contributed by atoms with Crippen LogP contribution in [-0.4, -0.2) is 25.4 Å². The molecule has 0 aliphatic carbocycles. The Balaban J connectivity index is 2.06. The summed E-state index contributed by atoms with van der Waals surface area (Å²) in [6.45, 7) is 2.05. The number of pyridine rings is 1. The number of aryl methyl sites for hydroxylation is 1. The summed E-state index contributed by atoms with van der Waals surface area (Å²) < 4.78 is 4.29. The maximum atomic E-state index is 11.8. The predicted octanol–water partition coefficient (Wildman–Crippen LogP) is 3.55. The molecule has 0 spiro atoms. The van der Waals surface area contributed by atoms with E-state index in [2.05, 4.69) is 12.0 Å². The molecule has 6 nitrogen and oxygen atoms in total. The largest absolute Gasteiger partial charge is 0.476 e. The number of hydrogen-bond donors (Lipinski definition) is 1. The number of carboxylic acid groups (broad SMARTS) is 1. The molecule has 8 heteroatoms. The summed E-state index contributed by atoms with van der Waals surface area (Å²) in [4.78, 5) is 23.5. The van der Waals surface area contributed by atoms with E-state index in [0.717, 1.165) is 23.2 Å². The topological polar surface area (TPSA) is 77.1 Å². The van der Waals surface area contributed by atoms with Gasteiger partial charge in [-0.1, -0.05) is 6.92 Å². The van der Waals surface area contributed by atoms with E-state index in [9.17, 15) is 14.7 Å². The summed E-state index contributed by atoms with van der Waals surface area (Å²) in [6, 6.07) is 5.15. The number of rotatable bonds is 3. The number of nitrogens with zero attached hydrogens (tertiary/aromatic N) is 3. The summed E-state index contributed by atoms with van der Waals surface area (Å²) >= 11 is 3.35. The highest BCUT2D eigenvalue weighted by Crippen LogP contribution is 2.53. The minimum absolute atomic E-state index is 0.0496. The Hall–Kier alpha value is -2.32. The molecule has 4 rings (SSSR count). The lowest BCUT2D eigenvalue weighted by Crippen LogP contribution is -2.16. The van der Waals surface area contributed by atoms with Crippen molar-refractivity contribution >= 4 is 29.1 Å². The van der Waals surface area contributed by atoms with Crippen LogP contribution in [0, 0.1) is 0 Å². The SMILES string of the molecule is CCC1Sc2sccc2-c2c1c(C(=O)O)nn2-c1ccc(=O)n(C)c1. The first kappa shape index (κ1) is 16.2. The number of aromatic carboxylic acids is 1. The van der Waals surface area contributed by atoms with Crippen LogP contribution >= 0.6 is 23.1 Å². The molecule has 1 unspecified atom stereocenters. The molecule has 0 saturated heterocycles. The second-order valence-electron chi connectivity index (χ2n) is 5.80. The fourth-order valence-corrected chi connectivity index (χ4v) is 5.50. The summed E-state index contributed by atoms with van der Waals surface area (Å²) in [5, 5.41) is 16.1. The van der Waals surface area contributed by atoms with Gasteiger partial charge in [0, 0.05) is 35.7 Å². The number of aromatic nitrogens is 3. The summed E-state index contributed by atoms with van der Waals surface area (Å²) in [5.41, 5.74) is 3.22. The zero-order valence-electron chi connectivity index (χ0n) is 13.6. The fourth-order valence-electron chi connectivity index (χ4n) is 3.08. The minimum atomic E-state index is -1.03. The van der Waals surface area contributed by atoms with Gasteiger partial charge in [-0.3, -0.25) is 4.79 Å². The van der Waals surface area contributed by atoms with Crippen molar-refractivity contribution in [3.05, 3.63) is 51.4 Å². The van der Waals surface area contributed by atoms with Crippen molar-refractivity contribution in [1.82, 2.24) is 14.3 Å². The van der Waals surface area contributed by atoms with Crippen LogP contribution in [0.25, 0.3) is 16.9 Å². The van der Waals surface area contributed by atoms with Gasteiger partial charge in [-0.15, -0.1) is 23.1 Å². The van der Waals surface area contributed by atoms with Crippen molar-refractivity contribution in [1.29, 1.82) is 0 Å². The molecule has 25 heavy (non-hydrogen) atoms. The summed E-state index contributed by atoms with van der Waals surface area (Å²) in [5.74, 6) is -1.03. The first-order valence-corrected chi connectivity index (χ1v) is 9.55. The summed E-state index contributed by atoms with van der Waals surface area (Å²) in [7, 11) is 1.67. The lowest BCUT2D eigenvalue weighted by molar-refractivity contribution is 0.0688. The van der Waals surface area contributed by atoms with Gasteiger partial charge in [0.1, 0.15) is 0 Å². The van der Waals surface area contributed by atoms with Gasteiger partial charge in [-0.2, -0.15) is 5.10 Å². The van der Waals surface area contributed by atoms with Crippen molar-refractivity contribution in [2.24, 2.45) is 7.05 Å². The normalized spacial score (nSPS) is 15.7. The van der Waals surface area contributed by atoms with E-state index in [1.807, 2.05) is 11.4 Å². The molecule has 0 radical (unpaired) electrons. The van der Waals surface area contributed by atoms with Crippen molar-refractivity contribution in [2.45, 2.75) is 22.8 Å². The first-order valence-electron chi connectivity index (χ1n) is 7.79. The molecule has 0 bridgehead atoms. The van der Waals surface area contributed by atoms with E-state index in [1.165, 1.54) is 14.8 Å². The molecule has 1 atom stereocenters. The molecule has 1 N–H and O–H groups in total. The maximum Gasteiger partial charge on any atom is 0.356 e. The van der Waals surface area contributed by atoms with Gasteiger partial charge < -0.3 is 9.67 Å². The molecule has 1 aliphatic heterocycles. The average molecular weight is 373 g/mol. The second-order valence-corrected chi connectivity index (χ2v) is 8.19. The average Bonchev–Trinajstić information content (AvgIpc) is 3.20. The van der Waals surface area contributed by atoms with Crippen molar-refractivity contribution in [3.8, 4) is 16.9 Å². The number of hydrogen-bond acceptors (Lipinski definition) is 5. The molecule has 0 fully saturated rings. The molecular weight excluding hydrogens is 358 g/mol.